The van der Waals surface area contributed by atoms with Gasteiger partial charge in [-0.25, -0.2) is 4.79 Å². The van der Waals surface area contributed by atoms with Crippen LogP contribution in [-0.2, 0) is 4.74 Å². The highest BCUT2D eigenvalue weighted by Gasteiger charge is 2.24. The Labute approximate surface area is 106 Å². The Morgan fingerprint density at radius 2 is 2.39 bits per heavy atom. The summed E-state index contributed by atoms with van der Waals surface area (Å²) in [5.41, 5.74) is 7.26. The van der Waals surface area contributed by atoms with Gasteiger partial charge in [-0.1, -0.05) is 13.0 Å². The first kappa shape index (κ1) is 12.7. The number of morpholine rings is 1. The number of aromatic carboxylic acids is 1. The fourth-order valence-electron chi connectivity index (χ4n) is 2.30. The summed E-state index contributed by atoms with van der Waals surface area (Å²) < 4.78 is 5.44. The van der Waals surface area contributed by atoms with Gasteiger partial charge in [0, 0.05) is 6.54 Å². The van der Waals surface area contributed by atoms with Crippen molar-refractivity contribution in [2.24, 2.45) is 0 Å². The Kier molecular flexibility index (Phi) is 3.72. The lowest BCUT2D eigenvalue weighted by Gasteiger charge is -2.37. The average molecular weight is 250 g/mol. The van der Waals surface area contributed by atoms with Crippen LogP contribution in [0.5, 0.6) is 0 Å². The van der Waals surface area contributed by atoms with Crippen molar-refractivity contribution in [1.82, 2.24) is 0 Å². The number of carbonyl (C=O) groups is 1. The number of para-hydroxylation sites is 1. The predicted molar refractivity (Wildman–Crippen MR) is 70.1 cm³/mol. The van der Waals surface area contributed by atoms with E-state index in [4.69, 9.17) is 15.6 Å². The van der Waals surface area contributed by atoms with Crippen molar-refractivity contribution in [3.63, 3.8) is 0 Å². The summed E-state index contributed by atoms with van der Waals surface area (Å²) in [5, 5.41) is 9.09. The van der Waals surface area contributed by atoms with Gasteiger partial charge in [-0.2, -0.15) is 0 Å². The van der Waals surface area contributed by atoms with Crippen LogP contribution in [0.4, 0.5) is 11.4 Å². The summed E-state index contributed by atoms with van der Waals surface area (Å²) in [7, 11) is 0. The number of ether oxygens (including phenoxy) is 1. The number of benzene rings is 1. The molecule has 1 saturated heterocycles. The number of carboxylic acids is 1. The number of nitrogens with zero attached hydrogens (tertiary/aromatic N) is 1. The van der Waals surface area contributed by atoms with E-state index in [0.29, 0.717) is 18.9 Å². The van der Waals surface area contributed by atoms with Crippen LogP contribution < -0.4 is 10.6 Å². The topological polar surface area (TPSA) is 75.8 Å². The highest BCUT2D eigenvalue weighted by Crippen LogP contribution is 2.30. The molecule has 5 heteroatoms. The molecule has 0 aromatic heterocycles. The molecule has 1 aromatic carbocycles. The van der Waals surface area contributed by atoms with Crippen molar-refractivity contribution < 1.29 is 14.6 Å². The van der Waals surface area contributed by atoms with Crippen LogP contribution >= 0.6 is 0 Å². The summed E-state index contributed by atoms with van der Waals surface area (Å²) >= 11 is 0. The lowest BCUT2D eigenvalue weighted by atomic mass is 10.1. The number of anilines is 2. The SMILES string of the molecule is CCC1COCCN1c1cccc(C(=O)O)c1N. The number of hydrogen-bond acceptors (Lipinski definition) is 4. The number of hydrogen-bond donors (Lipinski definition) is 2. The molecule has 98 valence electrons. The second-order valence-corrected chi connectivity index (χ2v) is 4.37. The zero-order chi connectivity index (χ0) is 13.1. The standard InChI is InChI=1S/C13H18N2O3/c1-2-9-8-18-7-6-15(9)11-5-3-4-10(12(11)14)13(16)17/h3-5,9H,2,6-8,14H2,1H3,(H,16,17). The van der Waals surface area contributed by atoms with Crippen LogP contribution in [0.2, 0.25) is 0 Å². The van der Waals surface area contributed by atoms with Crippen LogP contribution in [0, 0.1) is 0 Å². The second-order valence-electron chi connectivity index (χ2n) is 4.37. The van der Waals surface area contributed by atoms with Crippen molar-refractivity contribution in [3.05, 3.63) is 23.8 Å². The van der Waals surface area contributed by atoms with E-state index in [9.17, 15) is 4.79 Å². The van der Waals surface area contributed by atoms with E-state index < -0.39 is 5.97 Å². The van der Waals surface area contributed by atoms with Crippen LogP contribution in [0.15, 0.2) is 18.2 Å². The molecule has 0 saturated carbocycles. The third kappa shape index (κ3) is 2.26. The molecule has 0 spiro atoms. The summed E-state index contributed by atoms with van der Waals surface area (Å²) in [5.74, 6) is -0.990. The Balaban J connectivity index is 2.37. The van der Waals surface area contributed by atoms with Crippen LogP contribution in [-0.4, -0.2) is 36.9 Å². The number of nitrogens with two attached hydrogens (primary N) is 1. The lowest BCUT2D eigenvalue weighted by molar-refractivity contribution is 0.0698. The van der Waals surface area contributed by atoms with E-state index in [1.54, 1.807) is 6.07 Å². The molecule has 0 amide bonds. The van der Waals surface area contributed by atoms with Gasteiger partial charge in [0.15, 0.2) is 0 Å². The van der Waals surface area contributed by atoms with Crippen molar-refractivity contribution in [1.29, 1.82) is 0 Å². The first-order valence-electron chi connectivity index (χ1n) is 6.11. The average Bonchev–Trinajstić information content (AvgIpc) is 2.38. The van der Waals surface area contributed by atoms with Crippen molar-refractivity contribution >= 4 is 17.3 Å². The predicted octanol–water partition coefficient (Wildman–Crippen LogP) is 1.58. The zero-order valence-corrected chi connectivity index (χ0v) is 10.4. The Morgan fingerprint density at radius 3 is 3.06 bits per heavy atom. The minimum absolute atomic E-state index is 0.161. The van der Waals surface area contributed by atoms with Gasteiger partial charge in [0.25, 0.3) is 0 Å². The maximum Gasteiger partial charge on any atom is 0.337 e. The van der Waals surface area contributed by atoms with Gasteiger partial charge in [0.1, 0.15) is 0 Å². The molecule has 1 aliphatic heterocycles. The summed E-state index contributed by atoms with van der Waals surface area (Å²) in [4.78, 5) is 13.2. The van der Waals surface area contributed by atoms with Gasteiger partial charge in [0.05, 0.1) is 36.2 Å². The maximum atomic E-state index is 11.1. The van der Waals surface area contributed by atoms with Gasteiger partial charge in [-0.15, -0.1) is 0 Å². The van der Waals surface area contributed by atoms with Gasteiger partial charge < -0.3 is 20.5 Å². The van der Waals surface area contributed by atoms with Crippen LogP contribution in [0.3, 0.4) is 0 Å². The largest absolute Gasteiger partial charge is 0.478 e. The molecule has 18 heavy (non-hydrogen) atoms. The van der Waals surface area contributed by atoms with E-state index in [-0.39, 0.29) is 11.6 Å². The lowest BCUT2D eigenvalue weighted by Crippen LogP contribution is -2.45. The second kappa shape index (κ2) is 5.27. The molecule has 3 N–H and O–H groups in total. The zero-order valence-electron chi connectivity index (χ0n) is 10.4. The third-order valence-electron chi connectivity index (χ3n) is 3.32. The van der Waals surface area contributed by atoms with E-state index in [1.165, 1.54) is 6.07 Å². The summed E-state index contributed by atoms with van der Waals surface area (Å²) in [6.07, 6.45) is 0.941. The maximum absolute atomic E-state index is 11.1. The molecule has 1 aromatic rings. The van der Waals surface area contributed by atoms with Gasteiger partial charge >= 0.3 is 5.97 Å². The molecule has 5 nitrogen and oxygen atoms in total. The highest BCUT2D eigenvalue weighted by atomic mass is 16.5. The highest BCUT2D eigenvalue weighted by molar-refractivity contribution is 5.97. The fraction of sp³-hybridized carbons (Fsp3) is 0.462. The van der Waals surface area contributed by atoms with E-state index in [2.05, 4.69) is 11.8 Å². The Morgan fingerprint density at radius 1 is 1.61 bits per heavy atom. The quantitative estimate of drug-likeness (QED) is 0.797. The minimum atomic E-state index is -0.990. The van der Waals surface area contributed by atoms with E-state index in [0.717, 1.165) is 18.7 Å². The normalized spacial score (nSPS) is 19.8. The van der Waals surface area contributed by atoms with E-state index >= 15 is 0 Å². The van der Waals surface area contributed by atoms with Crippen molar-refractivity contribution in [3.8, 4) is 0 Å². The molecule has 2 rings (SSSR count). The summed E-state index contributed by atoms with van der Waals surface area (Å²) in [6, 6.07) is 5.39. The molecule has 1 atom stereocenters. The molecule has 1 fully saturated rings. The molecule has 0 bridgehead atoms. The van der Waals surface area contributed by atoms with Gasteiger partial charge in [0.2, 0.25) is 0 Å². The monoisotopic (exact) mass is 250 g/mol. The molecule has 1 heterocycles. The fourth-order valence-corrected chi connectivity index (χ4v) is 2.30. The van der Waals surface area contributed by atoms with Gasteiger partial charge in [-0.3, -0.25) is 0 Å². The molecule has 0 radical (unpaired) electrons. The number of rotatable bonds is 3. The van der Waals surface area contributed by atoms with Gasteiger partial charge in [-0.05, 0) is 18.6 Å². The smallest absolute Gasteiger partial charge is 0.337 e. The van der Waals surface area contributed by atoms with Crippen molar-refractivity contribution in [2.75, 3.05) is 30.4 Å². The minimum Gasteiger partial charge on any atom is -0.478 e. The number of nitrogen functional groups attached to an aromatic ring is 1. The Bertz CT molecular complexity index is 448. The first-order valence-corrected chi connectivity index (χ1v) is 6.11. The molecule has 1 unspecified atom stereocenters. The first-order chi connectivity index (χ1) is 8.65. The summed E-state index contributed by atoms with van der Waals surface area (Å²) in [6.45, 7) is 4.13. The molecular weight excluding hydrogens is 232 g/mol. The molecule has 0 aliphatic carbocycles. The molecule has 1 aliphatic rings. The van der Waals surface area contributed by atoms with Crippen LogP contribution in [0.1, 0.15) is 23.7 Å². The molecular formula is C13H18N2O3. The third-order valence-corrected chi connectivity index (χ3v) is 3.32. The van der Waals surface area contributed by atoms with Crippen molar-refractivity contribution in [2.45, 2.75) is 19.4 Å². The van der Waals surface area contributed by atoms with E-state index in [1.807, 2.05) is 6.07 Å². The Hall–Kier alpha value is -1.75. The number of carboxylic acid groups (broad SMARTS) is 1. The van der Waals surface area contributed by atoms with Crippen LogP contribution in [0.25, 0.3) is 0 Å².